The number of carbonyl (C=O) groups is 1. The van der Waals surface area contributed by atoms with Gasteiger partial charge < -0.3 is 9.88 Å². The van der Waals surface area contributed by atoms with E-state index in [9.17, 15) is 18.4 Å². The molecule has 1 aliphatic carbocycles. The highest BCUT2D eigenvalue weighted by molar-refractivity contribution is 5.94. The third-order valence-corrected chi connectivity index (χ3v) is 4.14. The van der Waals surface area contributed by atoms with Crippen LogP contribution in [0.1, 0.15) is 40.5 Å². The first kappa shape index (κ1) is 15.3. The first-order valence-corrected chi connectivity index (χ1v) is 7.27. The fraction of sp³-hybridized carbons (Fsp3) is 0.312. The van der Waals surface area contributed by atoms with Crippen LogP contribution >= 0.6 is 0 Å². The number of fused-ring (bicyclic) bond motifs is 1. The molecular weight excluding hydrogens is 304 g/mol. The lowest BCUT2D eigenvalue weighted by Gasteiger charge is -2.27. The summed E-state index contributed by atoms with van der Waals surface area (Å²) in [5.74, 6) is -2.83. The Kier molecular flexibility index (Phi) is 3.94. The Hall–Kier alpha value is -2.57. The average molecular weight is 319 g/mol. The molecule has 1 aliphatic rings. The molecule has 0 spiro atoms. The molecule has 7 heteroatoms. The van der Waals surface area contributed by atoms with Gasteiger partial charge in [0, 0.05) is 18.8 Å². The number of hydrogen-bond acceptors (Lipinski definition) is 3. The Balaban J connectivity index is 1.92. The lowest BCUT2D eigenvalue weighted by atomic mass is 9.90. The molecule has 0 radical (unpaired) electrons. The fourth-order valence-corrected chi connectivity index (χ4v) is 2.96. The first-order valence-electron chi connectivity index (χ1n) is 7.27. The molecule has 1 atom stereocenters. The molecular formula is C16H15F2N3O2. The summed E-state index contributed by atoms with van der Waals surface area (Å²) >= 11 is 0. The fourth-order valence-electron chi connectivity index (χ4n) is 2.96. The van der Waals surface area contributed by atoms with E-state index in [1.165, 1.54) is 6.07 Å². The normalized spacial score (nSPS) is 16.7. The lowest BCUT2D eigenvalue weighted by molar-refractivity contribution is 0.0923. The molecule has 23 heavy (non-hydrogen) atoms. The maximum Gasteiger partial charge on any atom is 0.257 e. The number of amides is 1. The zero-order valence-electron chi connectivity index (χ0n) is 12.5. The van der Waals surface area contributed by atoms with E-state index in [1.54, 1.807) is 17.7 Å². The van der Waals surface area contributed by atoms with Crippen LogP contribution in [0, 0.1) is 11.6 Å². The quantitative estimate of drug-likeness (QED) is 0.919. The number of aromatic nitrogens is 2. The van der Waals surface area contributed by atoms with Crippen molar-refractivity contribution in [1.29, 1.82) is 0 Å². The summed E-state index contributed by atoms with van der Waals surface area (Å²) < 4.78 is 28.9. The number of hydrogen-bond donors (Lipinski definition) is 1. The van der Waals surface area contributed by atoms with Crippen LogP contribution in [-0.2, 0) is 13.5 Å². The number of pyridine rings is 2. The van der Waals surface area contributed by atoms with Crippen molar-refractivity contribution < 1.29 is 13.6 Å². The van der Waals surface area contributed by atoms with Gasteiger partial charge in [-0.2, -0.15) is 0 Å². The van der Waals surface area contributed by atoms with Crippen molar-refractivity contribution in [3.8, 4) is 0 Å². The molecule has 0 aliphatic heterocycles. The van der Waals surface area contributed by atoms with Crippen molar-refractivity contribution in [3.05, 3.63) is 63.3 Å². The van der Waals surface area contributed by atoms with Crippen LogP contribution in [0.2, 0.25) is 0 Å². The molecule has 0 aromatic carbocycles. The van der Waals surface area contributed by atoms with Gasteiger partial charge in [-0.05, 0) is 30.9 Å². The standard InChI is InChI=1S/C16H15F2N3O2/c1-21-13-4-2-3-12(9(13)5-6-14(21)22)20-16(23)15-10(17)7-19-8-11(15)18/h5-8,12H,2-4H2,1H3,(H,20,23). The number of carbonyl (C=O) groups excluding carboxylic acids is 1. The van der Waals surface area contributed by atoms with E-state index in [2.05, 4.69) is 10.3 Å². The average Bonchev–Trinajstić information content (AvgIpc) is 2.51. The van der Waals surface area contributed by atoms with Crippen molar-refractivity contribution in [2.24, 2.45) is 7.05 Å². The third kappa shape index (κ3) is 2.74. The molecule has 2 aromatic rings. The third-order valence-electron chi connectivity index (χ3n) is 4.14. The van der Waals surface area contributed by atoms with Crippen LogP contribution in [0.15, 0.2) is 29.3 Å². The van der Waals surface area contributed by atoms with Gasteiger partial charge in [-0.3, -0.25) is 14.6 Å². The summed E-state index contributed by atoms with van der Waals surface area (Å²) in [6.45, 7) is 0. The molecule has 2 heterocycles. The predicted octanol–water partition coefficient (Wildman–Crippen LogP) is 1.87. The van der Waals surface area contributed by atoms with E-state index in [-0.39, 0.29) is 11.6 Å². The summed E-state index contributed by atoms with van der Waals surface area (Å²) in [7, 11) is 1.67. The van der Waals surface area contributed by atoms with Gasteiger partial charge in [-0.15, -0.1) is 0 Å². The summed E-state index contributed by atoms with van der Waals surface area (Å²) in [6.07, 6.45) is 3.75. The second-order valence-corrected chi connectivity index (χ2v) is 5.53. The van der Waals surface area contributed by atoms with E-state index in [0.29, 0.717) is 6.42 Å². The Labute approximate surface area is 131 Å². The molecule has 3 rings (SSSR count). The van der Waals surface area contributed by atoms with E-state index in [1.807, 2.05) is 0 Å². The molecule has 0 bridgehead atoms. The van der Waals surface area contributed by atoms with Crippen molar-refractivity contribution >= 4 is 5.91 Å². The maximum atomic E-state index is 13.7. The van der Waals surface area contributed by atoms with Crippen molar-refractivity contribution in [3.63, 3.8) is 0 Å². The Morgan fingerprint density at radius 2 is 2.00 bits per heavy atom. The molecule has 1 unspecified atom stereocenters. The van der Waals surface area contributed by atoms with Gasteiger partial charge in [-0.25, -0.2) is 8.78 Å². The van der Waals surface area contributed by atoms with Gasteiger partial charge in [0.1, 0.15) is 5.56 Å². The molecule has 0 saturated heterocycles. The Bertz CT molecular complexity index is 812. The van der Waals surface area contributed by atoms with Gasteiger partial charge in [0.2, 0.25) is 5.56 Å². The second kappa shape index (κ2) is 5.91. The summed E-state index contributed by atoms with van der Waals surface area (Å²) in [4.78, 5) is 27.3. The van der Waals surface area contributed by atoms with Crippen LogP contribution in [-0.4, -0.2) is 15.5 Å². The van der Waals surface area contributed by atoms with Crippen LogP contribution in [0.5, 0.6) is 0 Å². The Morgan fingerprint density at radius 3 is 2.70 bits per heavy atom. The van der Waals surface area contributed by atoms with Crippen molar-refractivity contribution in [2.45, 2.75) is 25.3 Å². The molecule has 0 saturated carbocycles. The van der Waals surface area contributed by atoms with Crippen LogP contribution in [0.25, 0.3) is 0 Å². The lowest BCUT2D eigenvalue weighted by Crippen LogP contribution is -2.34. The molecule has 0 fully saturated rings. The first-order chi connectivity index (χ1) is 11.0. The summed E-state index contributed by atoms with van der Waals surface area (Å²) in [5.41, 5.74) is 0.880. The number of rotatable bonds is 2. The highest BCUT2D eigenvalue weighted by Crippen LogP contribution is 2.29. The molecule has 5 nitrogen and oxygen atoms in total. The van der Waals surface area contributed by atoms with E-state index in [0.717, 1.165) is 36.5 Å². The minimum absolute atomic E-state index is 0.123. The highest BCUT2D eigenvalue weighted by atomic mass is 19.1. The zero-order valence-corrected chi connectivity index (χ0v) is 12.5. The van der Waals surface area contributed by atoms with Crippen molar-refractivity contribution in [1.82, 2.24) is 14.9 Å². The minimum atomic E-state index is -1.00. The Morgan fingerprint density at radius 1 is 1.30 bits per heavy atom. The number of nitrogens with zero attached hydrogens (tertiary/aromatic N) is 2. The predicted molar refractivity (Wildman–Crippen MR) is 79.0 cm³/mol. The molecule has 1 amide bonds. The minimum Gasteiger partial charge on any atom is -0.345 e. The van der Waals surface area contributed by atoms with Crippen LogP contribution < -0.4 is 10.9 Å². The monoisotopic (exact) mass is 319 g/mol. The topological polar surface area (TPSA) is 64.0 Å². The van der Waals surface area contributed by atoms with Gasteiger partial charge in [-0.1, -0.05) is 0 Å². The van der Waals surface area contributed by atoms with E-state index in [4.69, 9.17) is 0 Å². The number of nitrogens with one attached hydrogen (secondary N) is 1. The highest BCUT2D eigenvalue weighted by Gasteiger charge is 2.26. The molecule has 1 N–H and O–H groups in total. The van der Waals surface area contributed by atoms with Gasteiger partial charge in [0.05, 0.1) is 18.4 Å². The van der Waals surface area contributed by atoms with E-state index >= 15 is 0 Å². The molecule has 120 valence electrons. The zero-order chi connectivity index (χ0) is 16.6. The SMILES string of the molecule is Cn1c2c(ccc1=O)C(NC(=O)c1c(F)cncc1F)CCC2. The summed E-state index contributed by atoms with van der Waals surface area (Å²) in [5, 5.41) is 2.66. The number of halogens is 2. The second-order valence-electron chi connectivity index (χ2n) is 5.53. The van der Waals surface area contributed by atoms with Gasteiger partial charge in [0.15, 0.2) is 11.6 Å². The van der Waals surface area contributed by atoms with Gasteiger partial charge in [0.25, 0.3) is 5.91 Å². The smallest absolute Gasteiger partial charge is 0.257 e. The van der Waals surface area contributed by atoms with Crippen molar-refractivity contribution in [2.75, 3.05) is 0 Å². The van der Waals surface area contributed by atoms with Crippen LogP contribution in [0.3, 0.4) is 0 Å². The van der Waals surface area contributed by atoms with Crippen LogP contribution in [0.4, 0.5) is 8.78 Å². The largest absolute Gasteiger partial charge is 0.345 e. The summed E-state index contributed by atoms with van der Waals surface area (Å²) in [6, 6.07) is 2.71. The van der Waals surface area contributed by atoms with E-state index < -0.39 is 23.1 Å². The molecule has 2 aromatic heterocycles. The van der Waals surface area contributed by atoms with Gasteiger partial charge >= 0.3 is 0 Å². The maximum absolute atomic E-state index is 13.7.